The SMILES string of the molecule is N#Cc1cc(Cl)nc(N2CCC(O)C2)c1. The van der Waals surface area contributed by atoms with Gasteiger partial charge >= 0.3 is 0 Å². The van der Waals surface area contributed by atoms with Crippen molar-refractivity contribution in [2.75, 3.05) is 18.0 Å². The molecule has 0 aliphatic carbocycles. The van der Waals surface area contributed by atoms with Gasteiger partial charge in [-0.2, -0.15) is 5.26 Å². The second-order valence-electron chi connectivity index (χ2n) is 3.54. The van der Waals surface area contributed by atoms with E-state index in [0.717, 1.165) is 13.0 Å². The van der Waals surface area contributed by atoms with Gasteiger partial charge in [-0.25, -0.2) is 4.98 Å². The van der Waals surface area contributed by atoms with Crippen molar-refractivity contribution in [2.24, 2.45) is 0 Å². The molecule has 5 heteroatoms. The van der Waals surface area contributed by atoms with Crippen LogP contribution in [0.1, 0.15) is 12.0 Å². The summed E-state index contributed by atoms with van der Waals surface area (Å²) in [4.78, 5) is 6.06. The molecule has 2 rings (SSSR count). The van der Waals surface area contributed by atoms with Crippen LogP contribution in [-0.4, -0.2) is 29.3 Å². The van der Waals surface area contributed by atoms with Gasteiger partial charge in [0.05, 0.1) is 17.7 Å². The first-order valence-electron chi connectivity index (χ1n) is 4.70. The zero-order valence-corrected chi connectivity index (χ0v) is 8.78. The molecule has 1 aliphatic rings. The van der Waals surface area contributed by atoms with Gasteiger partial charge in [-0.05, 0) is 18.6 Å². The highest BCUT2D eigenvalue weighted by atomic mass is 35.5. The monoisotopic (exact) mass is 223 g/mol. The van der Waals surface area contributed by atoms with Gasteiger partial charge < -0.3 is 10.0 Å². The fourth-order valence-corrected chi connectivity index (χ4v) is 1.86. The van der Waals surface area contributed by atoms with Gasteiger partial charge in [0.15, 0.2) is 0 Å². The molecule has 1 atom stereocenters. The zero-order chi connectivity index (χ0) is 10.8. The summed E-state index contributed by atoms with van der Waals surface area (Å²) in [5.74, 6) is 0.663. The van der Waals surface area contributed by atoms with Crippen LogP contribution in [0.25, 0.3) is 0 Å². The smallest absolute Gasteiger partial charge is 0.132 e. The Morgan fingerprint density at radius 1 is 1.60 bits per heavy atom. The van der Waals surface area contributed by atoms with Crippen molar-refractivity contribution in [3.63, 3.8) is 0 Å². The first-order valence-corrected chi connectivity index (χ1v) is 5.07. The minimum atomic E-state index is -0.309. The highest BCUT2D eigenvalue weighted by Gasteiger charge is 2.21. The zero-order valence-electron chi connectivity index (χ0n) is 8.02. The summed E-state index contributed by atoms with van der Waals surface area (Å²) in [6.07, 6.45) is 0.423. The number of rotatable bonds is 1. The quantitative estimate of drug-likeness (QED) is 0.727. The van der Waals surface area contributed by atoms with E-state index in [1.807, 2.05) is 11.0 Å². The molecule has 0 spiro atoms. The summed E-state index contributed by atoms with van der Waals surface area (Å²) < 4.78 is 0. The summed E-state index contributed by atoms with van der Waals surface area (Å²) in [5, 5.41) is 18.5. The van der Waals surface area contributed by atoms with Crippen LogP contribution in [0.15, 0.2) is 12.1 Å². The highest BCUT2D eigenvalue weighted by molar-refractivity contribution is 6.29. The van der Waals surface area contributed by atoms with Crippen LogP contribution in [0.4, 0.5) is 5.82 Å². The number of hydrogen-bond acceptors (Lipinski definition) is 4. The Bertz CT molecular complexity index is 416. The topological polar surface area (TPSA) is 60.2 Å². The van der Waals surface area contributed by atoms with Crippen LogP contribution >= 0.6 is 11.6 Å². The van der Waals surface area contributed by atoms with E-state index < -0.39 is 0 Å². The molecule has 0 saturated carbocycles. The molecule has 0 amide bonds. The van der Waals surface area contributed by atoms with Crippen molar-refractivity contribution >= 4 is 17.4 Å². The molecule has 1 fully saturated rings. The Kier molecular flexibility index (Phi) is 2.76. The van der Waals surface area contributed by atoms with Crippen LogP contribution in [0.5, 0.6) is 0 Å². The van der Waals surface area contributed by atoms with Crippen molar-refractivity contribution in [3.8, 4) is 6.07 Å². The molecule has 0 bridgehead atoms. The molecular formula is C10H10ClN3O. The first-order chi connectivity index (χ1) is 7.19. The minimum Gasteiger partial charge on any atom is -0.391 e. The lowest BCUT2D eigenvalue weighted by Gasteiger charge is -2.16. The number of aliphatic hydroxyl groups is 1. The van der Waals surface area contributed by atoms with Crippen LogP contribution < -0.4 is 4.90 Å². The lowest BCUT2D eigenvalue weighted by molar-refractivity contribution is 0.198. The number of hydrogen-bond donors (Lipinski definition) is 1. The molecule has 15 heavy (non-hydrogen) atoms. The lowest BCUT2D eigenvalue weighted by Crippen LogP contribution is -2.22. The van der Waals surface area contributed by atoms with Gasteiger partial charge in [0, 0.05) is 13.1 Å². The van der Waals surface area contributed by atoms with Crippen LogP contribution in [0.2, 0.25) is 5.15 Å². The van der Waals surface area contributed by atoms with Crippen molar-refractivity contribution in [3.05, 3.63) is 22.8 Å². The number of nitrogens with zero attached hydrogens (tertiary/aromatic N) is 3. The van der Waals surface area contributed by atoms with Gasteiger partial charge in [-0.1, -0.05) is 11.6 Å². The van der Waals surface area contributed by atoms with Crippen molar-refractivity contribution in [2.45, 2.75) is 12.5 Å². The second kappa shape index (κ2) is 4.05. The highest BCUT2D eigenvalue weighted by Crippen LogP contribution is 2.21. The standard InChI is InChI=1S/C10H10ClN3O/c11-9-3-7(5-12)4-10(13-9)14-2-1-8(15)6-14/h3-4,8,15H,1-2,6H2. The van der Waals surface area contributed by atoms with Crippen molar-refractivity contribution in [1.29, 1.82) is 5.26 Å². The summed E-state index contributed by atoms with van der Waals surface area (Å²) in [7, 11) is 0. The first kappa shape index (κ1) is 10.2. The molecule has 1 aromatic heterocycles. The average Bonchev–Trinajstić information content (AvgIpc) is 2.64. The number of β-amino-alcohol motifs (C(OH)–C–C–N with tert-alkyl or cyclic N) is 1. The Labute approximate surface area is 92.7 Å². The molecule has 0 aromatic carbocycles. The Morgan fingerprint density at radius 2 is 2.40 bits per heavy atom. The molecule has 1 unspecified atom stereocenters. The normalized spacial score (nSPS) is 20.3. The molecule has 4 nitrogen and oxygen atoms in total. The summed E-state index contributed by atoms with van der Waals surface area (Å²) >= 11 is 5.79. The molecule has 1 saturated heterocycles. The maximum absolute atomic E-state index is 9.39. The third-order valence-corrected chi connectivity index (χ3v) is 2.59. The fourth-order valence-electron chi connectivity index (χ4n) is 1.66. The van der Waals surface area contributed by atoms with Gasteiger partial charge in [0.1, 0.15) is 11.0 Å². The molecule has 2 heterocycles. The van der Waals surface area contributed by atoms with Gasteiger partial charge in [0.25, 0.3) is 0 Å². The number of pyridine rings is 1. The molecule has 78 valence electrons. The third kappa shape index (κ3) is 2.20. The molecule has 0 radical (unpaired) electrons. The lowest BCUT2D eigenvalue weighted by atomic mass is 10.3. The summed E-state index contributed by atoms with van der Waals surface area (Å²) in [6, 6.07) is 5.24. The fraction of sp³-hybridized carbons (Fsp3) is 0.400. The predicted molar refractivity (Wildman–Crippen MR) is 56.8 cm³/mol. The van der Waals surface area contributed by atoms with Crippen molar-refractivity contribution in [1.82, 2.24) is 4.98 Å². The van der Waals surface area contributed by atoms with Crippen LogP contribution in [0, 0.1) is 11.3 Å². The molecule has 1 aliphatic heterocycles. The van der Waals surface area contributed by atoms with E-state index in [-0.39, 0.29) is 6.10 Å². The Morgan fingerprint density at radius 3 is 3.00 bits per heavy atom. The van der Waals surface area contributed by atoms with E-state index in [4.69, 9.17) is 16.9 Å². The number of aliphatic hydroxyl groups excluding tert-OH is 1. The van der Waals surface area contributed by atoms with E-state index in [0.29, 0.717) is 23.1 Å². The number of aromatic nitrogens is 1. The Balaban J connectivity index is 2.29. The van der Waals surface area contributed by atoms with Gasteiger partial charge in [-0.15, -0.1) is 0 Å². The number of nitriles is 1. The van der Waals surface area contributed by atoms with Crippen LogP contribution in [-0.2, 0) is 0 Å². The summed E-state index contributed by atoms with van der Waals surface area (Å²) in [5.41, 5.74) is 0.492. The summed E-state index contributed by atoms with van der Waals surface area (Å²) in [6.45, 7) is 1.30. The second-order valence-corrected chi connectivity index (χ2v) is 3.92. The Hall–Kier alpha value is -1.31. The largest absolute Gasteiger partial charge is 0.391 e. The van der Waals surface area contributed by atoms with E-state index in [2.05, 4.69) is 4.98 Å². The molecule has 1 N–H and O–H groups in total. The maximum Gasteiger partial charge on any atom is 0.132 e. The van der Waals surface area contributed by atoms with E-state index in [1.54, 1.807) is 6.07 Å². The van der Waals surface area contributed by atoms with E-state index in [1.165, 1.54) is 6.07 Å². The third-order valence-electron chi connectivity index (χ3n) is 2.40. The predicted octanol–water partition coefficient (Wildman–Crippen LogP) is 1.18. The number of anilines is 1. The van der Waals surface area contributed by atoms with Gasteiger partial charge in [-0.3, -0.25) is 0 Å². The van der Waals surface area contributed by atoms with E-state index in [9.17, 15) is 5.11 Å². The van der Waals surface area contributed by atoms with Crippen molar-refractivity contribution < 1.29 is 5.11 Å². The van der Waals surface area contributed by atoms with Gasteiger partial charge in [0.2, 0.25) is 0 Å². The number of halogens is 1. The van der Waals surface area contributed by atoms with E-state index >= 15 is 0 Å². The molecular weight excluding hydrogens is 214 g/mol. The molecule has 1 aromatic rings. The maximum atomic E-state index is 9.39. The van der Waals surface area contributed by atoms with Crippen LogP contribution in [0.3, 0.4) is 0 Å². The minimum absolute atomic E-state index is 0.309. The average molecular weight is 224 g/mol.